The van der Waals surface area contributed by atoms with Crippen molar-refractivity contribution in [1.82, 2.24) is 15.0 Å². The zero-order valence-electron chi connectivity index (χ0n) is 16.6. The molecule has 0 saturated heterocycles. The van der Waals surface area contributed by atoms with Gasteiger partial charge in [-0.1, -0.05) is 30.3 Å². The third-order valence-corrected chi connectivity index (χ3v) is 5.65. The average molecular weight is 432 g/mol. The van der Waals surface area contributed by atoms with Crippen molar-refractivity contribution < 1.29 is 9.90 Å². The Morgan fingerprint density at radius 1 is 1.16 bits per heavy atom. The Hall–Kier alpha value is -3.62. The molecule has 0 aliphatic heterocycles. The molecule has 0 aliphatic rings. The van der Waals surface area contributed by atoms with E-state index in [1.54, 1.807) is 18.5 Å². The second kappa shape index (κ2) is 9.46. The van der Waals surface area contributed by atoms with Crippen molar-refractivity contribution in [2.75, 3.05) is 11.9 Å². The molecule has 0 amide bonds. The highest BCUT2D eigenvalue weighted by Crippen LogP contribution is 2.33. The molecule has 0 saturated carbocycles. The molecule has 4 aromatic rings. The van der Waals surface area contributed by atoms with Gasteiger partial charge < -0.3 is 16.2 Å². The number of pyridine rings is 1. The van der Waals surface area contributed by atoms with Gasteiger partial charge in [0, 0.05) is 47.6 Å². The Labute approximate surface area is 183 Å². The van der Waals surface area contributed by atoms with Gasteiger partial charge >= 0.3 is 5.97 Å². The van der Waals surface area contributed by atoms with Crippen molar-refractivity contribution in [2.45, 2.75) is 12.5 Å². The van der Waals surface area contributed by atoms with Gasteiger partial charge in [-0.25, -0.2) is 14.8 Å². The second-order valence-corrected chi connectivity index (χ2v) is 7.88. The van der Waals surface area contributed by atoms with E-state index in [0.29, 0.717) is 23.7 Å². The van der Waals surface area contributed by atoms with Crippen LogP contribution in [0, 0.1) is 0 Å². The van der Waals surface area contributed by atoms with E-state index in [1.165, 1.54) is 16.9 Å². The molecule has 0 unspecified atom stereocenters. The third-order valence-electron chi connectivity index (χ3n) is 4.66. The van der Waals surface area contributed by atoms with Crippen molar-refractivity contribution in [3.8, 4) is 11.4 Å². The molecule has 7 nitrogen and oxygen atoms in total. The van der Waals surface area contributed by atoms with Crippen LogP contribution in [0.15, 0.2) is 66.3 Å². The SMILES string of the molecule is N[C@H](CNc1nc(-c2ccncc2)nc2c(/C=C/C(=O)O)csc12)Cc1ccccc1. The largest absolute Gasteiger partial charge is 0.478 e. The number of hydrogen-bond acceptors (Lipinski definition) is 7. The molecule has 4 N–H and O–H groups in total. The average Bonchev–Trinajstić information content (AvgIpc) is 3.20. The van der Waals surface area contributed by atoms with Crippen LogP contribution >= 0.6 is 11.3 Å². The lowest BCUT2D eigenvalue weighted by molar-refractivity contribution is -0.131. The third kappa shape index (κ3) is 5.11. The first-order valence-electron chi connectivity index (χ1n) is 9.74. The number of nitrogens with one attached hydrogen (secondary N) is 1. The second-order valence-electron chi connectivity index (χ2n) is 7.00. The molecule has 0 fully saturated rings. The molecule has 3 heterocycles. The molecule has 0 aliphatic carbocycles. The lowest BCUT2D eigenvalue weighted by Crippen LogP contribution is -2.31. The van der Waals surface area contributed by atoms with E-state index < -0.39 is 5.97 Å². The molecular weight excluding hydrogens is 410 g/mol. The summed E-state index contributed by atoms with van der Waals surface area (Å²) in [6.07, 6.45) is 6.78. The smallest absolute Gasteiger partial charge is 0.328 e. The quantitative estimate of drug-likeness (QED) is 0.363. The monoisotopic (exact) mass is 431 g/mol. The highest BCUT2D eigenvalue weighted by atomic mass is 32.1. The van der Waals surface area contributed by atoms with Crippen LogP contribution in [0.3, 0.4) is 0 Å². The van der Waals surface area contributed by atoms with Gasteiger partial charge in [-0.05, 0) is 30.2 Å². The molecule has 31 heavy (non-hydrogen) atoms. The van der Waals surface area contributed by atoms with Gasteiger partial charge in [-0.2, -0.15) is 0 Å². The summed E-state index contributed by atoms with van der Waals surface area (Å²) < 4.78 is 0.856. The zero-order chi connectivity index (χ0) is 21.6. The van der Waals surface area contributed by atoms with Crippen molar-refractivity contribution in [2.24, 2.45) is 5.73 Å². The maximum absolute atomic E-state index is 11.0. The maximum atomic E-state index is 11.0. The fraction of sp³-hybridized carbons (Fsp3) is 0.130. The Bertz CT molecular complexity index is 1210. The molecule has 4 rings (SSSR count). The van der Waals surface area contributed by atoms with Crippen LogP contribution in [0.25, 0.3) is 27.7 Å². The Kier molecular flexibility index (Phi) is 6.30. The summed E-state index contributed by atoms with van der Waals surface area (Å²) in [6.45, 7) is 0.537. The normalized spacial score (nSPS) is 12.3. The van der Waals surface area contributed by atoms with Crippen LogP contribution in [0.4, 0.5) is 5.82 Å². The molecule has 8 heteroatoms. The first-order chi connectivity index (χ1) is 15.1. The minimum atomic E-state index is -1.01. The van der Waals surface area contributed by atoms with Gasteiger partial charge in [-0.3, -0.25) is 4.98 Å². The van der Waals surface area contributed by atoms with Gasteiger partial charge in [0.25, 0.3) is 0 Å². The van der Waals surface area contributed by atoms with Gasteiger partial charge in [0.05, 0.1) is 10.2 Å². The topological polar surface area (TPSA) is 114 Å². The van der Waals surface area contributed by atoms with Gasteiger partial charge in [-0.15, -0.1) is 11.3 Å². The standard InChI is InChI=1S/C23H21N5O2S/c24-18(12-15-4-2-1-3-5-15)13-26-23-21-20(17(14-31-21)6-7-19(29)30)27-22(28-23)16-8-10-25-11-9-16/h1-11,14,18H,12-13,24H2,(H,29,30)(H,26,27,28)/b7-6+/t18-/m0/s1. The van der Waals surface area contributed by atoms with Crippen LogP contribution < -0.4 is 11.1 Å². The van der Waals surface area contributed by atoms with Crippen LogP contribution in [-0.2, 0) is 11.2 Å². The molecular formula is C23H21N5O2S. The highest BCUT2D eigenvalue weighted by Gasteiger charge is 2.15. The molecule has 156 valence electrons. The van der Waals surface area contributed by atoms with Crippen LogP contribution in [0.5, 0.6) is 0 Å². The molecule has 0 radical (unpaired) electrons. The number of nitrogens with two attached hydrogens (primary N) is 1. The summed E-state index contributed by atoms with van der Waals surface area (Å²) in [5.74, 6) is 0.214. The summed E-state index contributed by atoms with van der Waals surface area (Å²) in [7, 11) is 0. The summed E-state index contributed by atoms with van der Waals surface area (Å²) in [6, 6.07) is 13.7. The van der Waals surface area contributed by atoms with Crippen molar-refractivity contribution >= 4 is 39.4 Å². The van der Waals surface area contributed by atoms with Gasteiger partial charge in [0.15, 0.2) is 5.82 Å². The number of benzene rings is 1. The van der Waals surface area contributed by atoms with Gasteiger partial charge in [0.1, 0.15) is 5.82 Å². The van der Waals surface area contributed by atoms with Crippen LogP contribution in [0.1, 0.15) is 11.1 Å². The van der Waals surface area contributed by atoms with E-state index in [4.69, 9.17) is 20.8 Å². The number of nitrogens with zero attached hydrogens (tertiary/aromatic N) is 3. The van der Waals surface area contributed by atoms with Crippen LogP contribution in [0.2, 0.25) is 0 Å². The number of anilines is 1. The highest BCUT2D eigenvalue weighted by molar-refractivity contribution is 7.18. The fourth-order valence-electron chi connectivity index (χ4n) is 3.18. The number of carboxylic acid groups (broad SMARTS) is 1. The Balaban J connectivity index is 1.65. The Morgan fingerprint density at radius 3 is 2.68 bits per heavy atom. The van der Waals surface area contributed by atoms with E-state index in [-0.39, 0.29) is 6.04 Å². The first kappa shape index (κ1) is 20.6. The maximum Gasteiger partial charge on any atom is 0.328 e. The molecule has 3 aromatic heterocycles. The number of hydrogen-bond donors (Lipinski definition) is 3. The predicted octanol–water partition coefficient (Wildman–Crippen LogP) is 3.83. The van der Waals surface area contributed by atoms with Gasteiger partial charge in [0.2, 0.25) is 0 Å². The van der Waals surface area contributed by atoms with E-state index in [1.807, 2.05) is 35.7 Å². The predicted molar refractivity (Wildman–Crippen MR) is 124 cm³/mol. The summed E-state index contributed by atoms with van der Waals surface area (Å²) in [4.78, 5) is 24.4. The molecule has 0 spiro atoms. The number of carbonyl (C=O) groups is 1. The zero-order valence-corrected chi connectivity index (χ0v) is 17.4. The number of rotatable bonds is 8. The minimum absolute atomic E-state index is 0.0943. The number of thiophene rings is 1. The van der Waals surface area contributed by atoms with E-state index >= 15 is 0 Å². The summed E-state index contributed by atoms with van der Waals surface area (Å²) >= 11 is 1.47. The molecule has 0 bridgehead atoms. The summed E-state index contributed by atoms with van der Waals surface area (Å²) in [5, 5.41) is 14.2. The number of aliphatic carboxylic acids is 1. The van der Waals surface area contributed by atoms with Crippen molar-refractivity contribution in [3.63, 3.8) is 0 Å². The lowest BCUT2D eigenvalue weighted by Gasteiger charge is -2.14. The molecule has 1 aromatic carbocycles. The number of fused-ring (bicyclic) bond motifs is 1. The molecule has 1 atom stereocenters. The Morgan fingerprint density at radius 2 is 1.94 bits per heavy atom. The minimum Gasteiger partial charge on any atom is -0.478 e. The lowest BCUT2D eigenvalue weighted by atomic mass is 10.1. The van der Waals surface area contributed by atoms with Crippen molar-refractivity contribution in [1.29, 1.82) is 0 Å². The van der Waals surface area contributed by atoms with Crippen molar-refractivity contribution in [3.05, 3.63) is 77.4 Å². The number of aromatic nitrogens is 3. The number of carboxylic acids is 1. The first-order valence-corrected chi connectivity index (χ1v) is 10.6. The fourth-order valence-corrected chi connectivity index (χ4v) is 4.12. The van der Waals surface area contributed by atoms with E-state index in [9.17, 15) is 4.79 Å². The summed E-state index contributed by atoms with van der Waals surface area (Å²) in [5.41, 5.74) is 9.78. The van der Waals surface area contributed by atoms with Crippen LogP contribution in [-0.4, -0.2) is 38.6 Å². The van der Waals surface area contributed by atoms with E-state index in [2.05, 4.69) is 22.4 Å². The van der Waals surface area contributed by atoms with E-state index in [0.717, 1.165) is 28.3 Å².